The fourth-order valence-electron chi connectivity index (χ4n) is 2.47. The van der Waals surface area contributed by atoms with Crippen molar-refractivity contribution in [3.63, 3.8) is 0 Å². The van der Waals surface area contributed by atoms with Crippen LogP contribution in [0.15, 0.2) is 59.2 Å². The van der Waals surface area contributed by atoms with E-state index in [0.717, 1.165) is 10.8 Å². The molecule has 0 fully saturated rings. The van der Waals surface area contributed by atoms with Gasteiger partial charge in [-0.25, -0.2) is 0 Å². The monoisotopic (exact) mass is 298 g/mol. The van der Waals surface area contributed by atoms with Crippen molar-refractivity contribution in [2.45, 2.75) is 6.04 Å². The van der Waals surface area contributed by atoms with Crippen molar-refractivity contribution in [1.82, 2.24) is 5.32 Å². The predicted octanol–water partition coefficient (Wildman–Crippen LogP) is 3.06. The summed E-state index contributed by atoms with van der Waals surface area (Å²) in [6.07, 6.45) is 1.58. The Morgan fingerprint density at radius 3 is 2.67 bits per heavy atom. The topological polar surface area (TPSA) is 71.4 Å². The highest BCUT2D eigenvalue weighted by Gasteiger charge is 2.22. The first-order valence-corrected chi connectivity index (χ1v) is 6.87. The summed E-state index contributed by atoms with van der Waals surface area (Å²) in [7, 11) is 0. The van der Waals surface area contributed by atoms with Gasteiger partial charge in [-0.3, -0.25) is 0 Å². The van der Waals surface area contributed by atoms with Crippen molar-refractivity contribution in [3.05, 3.63) is 66.1 Å². The minimum atomic E-state index is -0.441. The Morgan fingerprint density at radius 1 is 1.14 bits per heavy atom. The Kier molecular flexibility index (Phi) is 3.50. The third kappa shape index (κ3) is 2.55. The number of nitrogens with one attached hydrogen (secondary N) is 1. The second-order valence-electron chi connectivity index (χ2n) is 4.68. The molecule has 0 spiro atoms. The van der Waals surface area contributed by atoms with Crippen LogP contribution in [-0.2, 0) is 0 Å². The van der Waals surface area contributed by atoms with E-state index in [9.17, 15) is 5.11 Å². The number of benzene rings is 2. The first-order valence-electron chi connectivity index (χ1n) is 6.47. The van der Waals surface area contributed by atoms with E-state index >= 15 is 0 Å². The zero-order chi connectivity index (χ0) is 14.8. The summed E-state index contributed by atoms with van der Waals surface area (Å²) >= 11 is 4.96. The summed E-state index contributed by atoms with van der Waals surface area (Å²) in [5.41, 5.74) is 6.32. The first kappa shape index (κ1) is 13.5. The summed E-state index contributed by atoms with van der Waals surface area (Å²) in [6.45, 7) is 0. The van der Waals surface area contributed by atoms with Crippen molar-refractivity contribution in [3.8, 4) is 5.75 Å². The Bertz CT molecular complexity index is 784. The van der Waals surface area contributed by atoms with Crippen LogP contribution in [0.25, 0.3) is 10.8 Å². The molecule has 0 saturated carbocycles. The number of hydrogen-bond donors (Lipinski definition) is 3. The van der Waals surface area contributed by atoms with Gasteiger partial charge in [0.15, 0.2) is 5.11 Å². The van der Waals surface area contributed by atoms with E-state index in [0.29, 0.717) is 11.3 Å². The van der Waals surface area contributed by atoms with Crippen molar-refractivity contribution in [2.24, 2.45) is 5.73 Å². The van der Waals surface area contributed by atoms with Crippen molar-refractivity contribution in [2.75, 3.05) is 0 Å². The number of phenolic OH excluding ortho intramolecular Hbond substituents is 1. The lowest BCUT2D eigenvalue weighted by Crippen LogP contribution is -2.33. The summed E-state index contributed by atoms with van der Waals surface area (Å²) in [4.78, 5) is 0. The molecule has 4 N–H and O–H groups in total. The Balaban J connectivity index is 2.23. The fourth-order valence-corrected chi connectivity index (χ4v) is 2.59. The molecule has 106 valence electrons. The zero-order valence-corrected chi connectivity index (χ0v) is 11.9. The van der Waals surface area contributed by atoms with Crippen LogP contribution < -0.4 is 11.1 Å². The molecule has 2 aromatic carbocycles. The molecule has 5 heteroatoms. The molecular weight excluding hydrogens is 284 g/mol. The van der Waals surface area contributed by atoms with Gasteiger partial charge in [0.1, 0.15) is 17.6 Å². The summed E-state index contributed by atoms with van der Waals surface area (Å²) < 4.78 is 5.47. The van der Waals surface area contributed by atoms with Gasteiger partial charge in [0.25, 0.3) is 0 Å². The Labute approximate surface area is 127 Å². The van der Waals surface area contributed by atoms with Crippen molar-refractivity contribution in [1.29, 1.82) is 0 Å². The van der Waals surface area contributed by atoms with Gasteiger partial charge < -0.3 is 20.6 Å². The van der Waals surface area contributed by atoms with Gasteiger partial charge in [-0.15, -0.1) is 0 Å². The van der Waals surface area contributed by atoms with Gasteiger partial charge in [-0.2, -0.15) is 0 Å². The quantitative estimate of drug-likeness (QED) is 0.648. The molecule has 1 heterocycles. The van der Waals surface area contributed by atoms with Crippen LogP contribution in [0.4, 0.5) is 0 Å². The molecule has 4 nitrogen and oxygen atoms in total. The van der Waals surface area contributed by atoms with Gasteiger partial charge in [0.05, 0.1) is 6.26 Å². The largest absolute Gasteiger partial charge is 0.508 e. The normalized spacial score (nSPS) is 12.2. The van der Waals surface area contributed by atoms with E-state index in [1.165, 1.54) is 0 Å². The van der Waals surface area contributed by atoms with E-state index in [1.54, 1.807) is 18.4 Å². The highest BCUT2D eigenvalue weighted by atomic mass is 32.1. The standard InChI is InChI=1S/C16H14N2O2S/c17-16(21)18-15(13-6-3-9-20-13)14-11-5-2-1-4-10(11)7-8-12(14)19/h1-9,15,19H,(H3,17,18,21). The van der Waals surface area contributed by atoms with Gasteiger partial charge in [0.2, 0.25) is 0 Å². The molecule has 0 aliphatic carbocycles. The Hall–Kier alpha value is -2.53. The molecule has 21 heavy (non-hydrogen) atoms. The summed E-state index contributed by atoms with van der Waals surface area (Å²) in [5, 5.41) is 15.4. The Morgan fingerprint density at radius 2 is 1.95 bits per heavy atom. The molecule has 0 radical (unpaired) electrons. The molecule has 1 unspecified atom stereocenters. The third-order valence-corrected chi connectivity index (χ3v) is 3.47. The third-order valence-electron chi connectivity index (χ3n) is 3.35. The van der Waals surface area contributed by atoms with Crippen molar-refractivity contribution < 1.29 is 9.52 Å². The minimum Gasteiger partial charge on any atom is -0.508 e. The SMILES string of the molecule is NC(=S)NC(c1ccco1)c1c(O)ccc2ccccc12. The molecule has 1 aromatic heterocycles. The number of aromatic hydroxyl groups is 1. The van der Waals surface area contributed by atoms with Crippen LogP contribution in [0.2, 0.25) is 0 Å². The van der Waals surface area contributed by atoms with Crippen LogP contribution in [0.1, 0.15) is 17.4 Å². The molecular formula is C16H14N2O2S. The molecule has 1 atom stereocenters. The molecule has 3 rings (SSSR count). The lowest BCUT2D eigenvalue weighted by molar-refractivity contribution is 0.443. The van der Waals surface area contributed by atoms with Gasteiger partial charge in [-0.05, 0) is 41.2 Å². The maximum absolute atomic E-state index is 10.3. The number of fused-ring (bicyclic) bond motifs is 1. The van der Waals surface area contributed by atoms with Gasteiger partial charge in [0, 0.05) is 5.56 Å². The minimum absolute atomic E-state index is 0.142. The van der Waals surface area contributed by atoms with Crippen LogP contribution in [0.5, 0.6) is 5.75 Å². The number of nitrogens with two attached hydrogens (primary N) is 1. The highest BCUT2D eigenvalue weighted by Crippen LogP contribution is 2.35. The number of rotatable bonds is 3. The van der Waals surface area contributed by atoms with E-state index in [2.05, 4.69) is 5.32 Å². The lowest BCUT2D eigenvalue weighted by Gasteiger charge is -2.20. The molecule has 0 saturated heterocycles. The van der Waals surface area contributed by atoms with E-state index in [4.69, 9.17) is 22.4 Å². The predicted molar refractivity (Wildman–Crippen MR) is 86.1 cm³/mol. The second kappa shape index (κ2) is 5.46. The van der Waals surface area contributed by atoms with Gasteiger partial charge >= 0.3 is 0 Å². The molecule has 3 aromatic rings. The molecule has 0 aliphatic heterocycles. The second-order valence-corrected chi connectivity index (χ2v) is 5.12. The zero-order valence-electron chi connectivity index (χ0n) is 11.1. The average molecular weight is 298 g/mol. The molecule has 0 aliphatic rings. The van der Waals surface area contributed by atoms with Crippen LogP contribution in [-0.4, -0.2) is 10.2 Å². The lowest BCUT2D eigenvalue weighted by atomic mass is 9.96. The maximum atomic E-state index is 10.3. The van der Waals surface area contributed by atoms with E-state index in [1.807, 2.05) is 36.4 Å². The smallest absolute Gasteiger partial charge is 0.164 e. The van der Waals surface area contributed by atoms with Crippen LogP contribution >= 0.6 is 12.2 Å². The molecule has 0 amide bonds. The van der Waals surface area contributed by atoms with Crippen molar-refractivity contribution >= 4 is 28.1 Å². The highest BCUT2D eigenvalue weighted by molar-refractivity contribution is 7.80. The van der Waals surface area contributed by atoms with Crippen LogP contribution in [0.3, 0.4) is 0 Å². The summed E-state index contributed by atoms with van der Waals surface area (Å²) in [5.74, 6) is 0.799. The van der Waals surface area contributed by atoms with E-state index < -0.39 is 6.04 Å². The van der Waals surface area contributed by atoms with E-state index in [-0.39, 0.29) is 10.9 Å². The fraction of sp³-hybridized carbons (Fsp3) is 0.0625. The number of hydrogen-bond acceptors (Lipinski definition) is 3. The van der Waals surface area contributed by atoms with Crippen LogP contribution in [0, 0.1) is 0 Å². The average Bonchev–Trinajstić information content (AvgIpc) is 2.99. The number of phenols is 1. The number of thiocarbonyl (C=S) groups is 1. The maximum Gasteiger partial charge on any atom is 0.164 e. The van der Waals surface area contributed by atoms with Gasteiger partial charge in [-0.1, -0.05) is 30.3 Å². The number of furan rings is 1. The summed E-state index contributed by atoms with van der Waals surface area (Å²) in [6, 6.07) is 14.5. The first-order chi connectivity index (χ1) is 10.2. The molecule has 0 bridgehead atoms.